The molecule has 1 aliphatic rings. The summed E-state index contributed by atoms with van der Waals surface area (Å²) in [5.41, 5.74) is 0.681. The van der Waals surface area contributed by atoms with Crippen LogP contribution in [0.1, 0.15) is 18.4 Å². The van der Waals surface area contributed by atoms with Gasteiger partial charge in [-0.2, -0.15) is 11.8 Å². The van der Waals surface area contributed by atoms with Crippen molar-refractivity contribution in [2.24, 2.45) is 5.92 Å². The Morgan fingerprint density at radius 2 is 2.05 bits per heavy atom. The van der Waals surface area contributed by atoms with Crippen LogP contribution in [0.2, 0.25) is 0 Å². The molecule has 0 amide bonds. The highest BCUT2D eigenvalue weighted by Crippen LogP contribution is 2.25. The zero-order chi connectivity index (χ0) is 14.6. The van der Waals surface area contributed by atoms with Gasteiger partial charge in [0.1, 0.15) is 0 Å². The first kappa shape index (κ1) is 16.3. The largest absolute Gasteiger partial charge is 0.392 e. The summed E-state index contributed by atoms with van der Waals surface area (Å²) in [4.78, 5) is 0.222. The molecule has 1 aliphatic heterocycles. The van der Waals surface area contributed by atoms with Crippen molar-refractivity contribution in [1.82, 2.24) is 4.72 Å². The van der Waals surface area contributed by atoms with Crippen molar-refractivity contribution in [3.63, 3.8) is 0 Å². The van der Waals surface area contributed by atoms with Crippen LogP contribution in [-0.2, 0) is 16.6 Å². The van der Waals surface area contributed by atoms with Crippen molar-refractivity contribution in [3.05, 3.63) is 28.2 Å². The first-order chi connectivity index (χ1) is 9.53. The van der Waals surface area contributed by atoms with E-state index in [4.69, 9.17) is 5.11 Å². The highest BCUT2D eigenvalue weighted by molar-refractivity contribution is 9.10. The van der Waals surface area contributed by atoms with Crippen molar-refractivity contribution in [3.8, 4) is 0 Å². The second-order valence-electron chi connectivity index (χ2n) is 4.83. The Bertz CT molecular complexity index is 557. The Balaban J connectivity index is 2.05. The highest BCUT2D eigenvalue weighted by Gasteiger charge is 2.21. The second-order valence-corrected chi connectivity index (χ2v) is 8.64. The average molecular weight is 380 g/mol. The Labute approximate surface area is 132 Å². The molecule has 0 atom stereocenters. The van der Waals surface area contributed by atoms with Crippen LogP contribution < -0.4 is 4.72 Å². The molecule has 0 unspecified atom stereocenters. The molecule has 2 rings (SSSR count). The molecule has 112 valence electrons. The van der Waals surface area contributed by atoms with E-state index in [-0.39, 0.29) is 11.5 Å². The zero-order valence-electron chi connectivity index (χ0n) is 11.0. The summed E-state index contributed by atoms with van der Waals surface area (Å²) < 4.78 is 27.7. The van der Waals surface area contributed by atoms with Gasteiger partial charge in [-0.1, -0.05) is 6.07 Å². The maximum absolute atomic E-state index is 12.3. The third-order valence-electron chi connectivity index (χ3n) is 3.37. The van der Waals surface area contributed by atoms with Gasteiger partial charge in [0.25, 0.3) is 0 Å². The van der Waals surface area contributed by atoms with E-state index in [1.807, 2.05) is 11.8 Å². The van der Waals surface area contributed by atoms with Crippen LogP contribution in [0.15, 0.2) is 27.6 Å². The third kappa shape index (κ3) is 4.21. The summed E-state index contributed by atoms with van der Waals surface area (Å²) in [6.45, 7) is 0.392. The average Bonchev–Trinajstić information content (AvgIpc) is 2.46. The number of thioether (sulfide) groups is 1. The first-order valence-electron chi connectivity index (χ1n) is 6.49. The molecule has 4 nitrogen and oxygen atoms in total. The predicted molar refractivity (Wildman–Crippen MR) is 85.3 cm³/mol. The molecule has 1 aromatic rings. The fourth-order valence-corrected chi connectivity index (χ4v) is 5.56. The van der Waals surface area contributed by atoms with Crippen LogP contribution in [0.3, 0.4) is 0 Å². The van der Waals surface area contributed by atoms with Gasteiger partial charge in [-0.15, -0.1) is 0 Å². The van der Waals surface area contributed by atoms with Gasteiger partial charge < -0.3 is 5.11 Å². The molecule has 0 aliphatic carbocycles. The lowest BCUT2D eigenvalue weighted by Gasteiger charge is -2.21. The van der Waals surface area contributed by atoms with Gasteiger partial charge in [0.05, 0.1) is 11.5 Å². The van der Waals surface area contributed by atoms with Crippen LogP contribution in [0, 0.1) is 5.92 Å². The monoisotopic (exact) mass is 379 g/mol. The Morgan fingerprint density at radius 3 is 2.65 bits per heavy atom. The number of hydrogen-bond acceptors (Lipinski definition) is 4. The van der Waals surface area contributed by atoms with E-state index in [0.717, 1.165) is 24.3 Å². The molecular formula is C13H18BrNO3S2. The quantitative estimate of drug-likeness (QED) is 0.823. The third-order valence-corrected chi connectivity index (χ3v) is 6.82. The smallest absolute Gasteiger partial charge is 0.241 e. The highest BCUT2D eigenvalue weighted by atomic mass is 79.9. The van der Waals surface area contributed by atoms with Crippen molar-refractivity contribution in [1.29, 1.82) is 0 Å². The summed E-state index contributed by atoms with van der Waals surface area (Å²) in [5.74, 6) is 2.66. The topological polar surface area (TPSA) is 66.4 Å². The van der Waals surface area contributed by atoms with Gasteiger partial charge in [0, 0.05) is 11.0 Å². The number of benzene rings is 1. The lowest BCUT2D eigenvalue weighted by molar-refractivity contribution is 0.281. The molecule has 1 saturated heterocycles. The molecule has 1 fully saturated rings. The van der Waals surface area contributed by atoms with Crippen LogP contribution in [0.5, 0.6) is 0 Å². The van der Waals surface area contributed by atoms with Crippen LogP contribution in [0.4, 0.5) is 0 Å². The number of aliphatic hydroxyl groups is 1. The van der Waals surface area contributed by atoms with Crippen molar-refractivity contribution in [2.45, 2.75) is 24.3 Å². The van der Waals surface area contributed by atoms with E-state index >= 15 is 0 Å². The Morgan fingerprint density at radius 1 is 1.35 bits per heavy atom. The van der Waals surface area contributed by atoms with Gasteiger partial charge >= 0.3 is 0 Å². The summed E-state index contributed by atoms with van der Waals surface area (Å²) in [5, 5.41) is 9.04. The van der Waals surface area contributed by atoms with Crippen molar-refractivity contribution >= 4 is 37.7 Å². The molecule has 0 bridgehead atoms. The molecule has 7 heteroatoms. The lowest BCUT2D eigenvalue weighted by Crippen LogP contribution is -2.31. The maximum atomic E-state index is 12.3. The van der Waals surface area contributed by atoms with E-state index < -0.39 is 10.0 Å². The Kier molecular flexibility index (Phi) is 5.92. The Hall–Kier alpha value is -0.0800. The molecule has 1 heterocycles. The molecule has 1 aromatic carbocycles. The van der Waals surface area contributed by atoms with E-state index in [9.17, 15) is 8.42 Å². The number of sulfonamides is 1. The normalized spacial score (nSPS) is 17.3. The van der Waals surface area contributed by atoms with E-state index in [1.54, 1.807) is 12.1 Å². The van der Waals surface area contributed by atoms with Gasteiger partial charge in [0.15, 0.2) is 0 Å². The minimum Gasteiger partial charge on any atom is -0.392 e. The minimum absolute atomic E-state index is 0.105. The SMILES string of the molecule is O=S(=O)(NCC1CCSCC1)c1ccc(CO)cc1Br. The lowest BCUT2D eigenvalue weighted by atomic mass is 10.0. The second kappa shape index (κ2) is 7.26. The maximum Gasteiger partial charge on any atom is 0.241 e. The minimum atomic E-state index is -3.50. The fourth-order valence-electron chi connectivity index (χ4n) is 2.12. The standard InChI is InChI=1S/C13H18BrNO3S2/c14-12-7-11(9-16)1-2-13(12)20(17,18)15-8-10-3-5-19-6-4-10/h1-2,7,10,15-16H,3-6,8-9H2. The first-order valence-corrected chi connectivity index (χ1v) is 9.92. The van der Waals surface area contributed by atoms with E-state index in [1.165, 1.54) is 6.07 Å². The van der Waals surface area contributed by atoms with E-state index in [2.05, 4.69) is 20.7 Å². The summed E-state index contributed by atoms with van der Waals surface area (Å²) in [7, 11) is -3.50. The number of nitrogens with one attached hydrogen (secondary N) is 1. The van der Waals surface area contributed by atoms with Crippen LogP contribution in [-0.4, -0.2) is 31.6 Å². The molecule has 0 aromatic heterocycles. The zero-order valence-corrected chi connectivity index (χ0v) is 14.2. The van der Waals surface area contributed by atoms with E-state index in [0.29, 0.717) is 22.5 Å². The van der Waals surface area contributed by atoms with Gasteiger partial charge in [-0.05, 0) is 63.9 Å². The molecule has 0 saturated carbocycles. The van der Waals surface area contributed by atoms with Crippen LogP contribution >= 0.6 is 27.7 Å². The fraction of sp³-hybridized carbons (Fsp3) is 0.538. The van der Waals surface area contributed by atoms with Gasteiger partial charge in [-0.3, -0.25) is 0 Å². The van der Waals surface area contributed by atoms with Crippen molar-refractivity contribution < 1.29 is 13.5 Å². The summed E-state index contributed by atoms with van der Waals surface area (Å²) in [6.07, 6.45) is 2.13. The predicted octanol–water partition coefficient (Wildman–Crippen LogP) is 2.36. The van der Waals surface area contributed by atoms with Crippen LogP contribution in [0.25, 0.3) is 0 Å². The molecule has 0 spiro atoms. The number of hydrogen-bond donors (Lipinski definition) is 2. The van der Waals surface area contributed by atoms with Crippen molar-refractivity contribution in [2.75, 3.05) is 18.1 Å². The van der Waals surface area contributed by atoms with Gasteiger partial charge in [0.2, 0.25) is 10.0 Å². The summed E-state index contributed by atoms with van der Waals surface area (Å²) >= 11 is 5.18. The molecule has 0 radical (unpaired) electrons. The van der Waals surface area contributed by atoms with Gasteiger partial charge in [-0.25, -0.2) is 13.1 Å². The summed E-state index contributed by atoms with van der Waals surface area (Å²) in [6, 6.07) is 4.77. The molecular weight excluding hydrogens is 362 g/mol. The number of rotatable bonds is 5. The number of aliphatic hydroxyl groups excluding tert-OH is 1. The number of halogens is 1. The molecule has 20 heavy (non-hydrogen) atoms. The molecule has 2 N–H and O–H groups in total.